The van der Waals surface area contributed by atoms with E-state index in [1.54, 1.807) is 18.2 Å². The molecule has 0 spiro atoms. The molecule has 6 heteroatoms. The van der Waals surface area contributed by atoms with Crippen LogP contribution >= 0.6 is 0 Å². The third-order valence-electron chi connectivity index (χ3n) is 4.88. The fourth-order valence-electron chi connectivity index (χ4n) is 3.16. The van der Waals surface area contributed by atoms with Crippen molar-refractivity contribution in [3.63, 3.8) is 0 Å². The zero-order valence-electron chi connectivity index (χ0n) is 16.4. The molecule has 2 aromatic carbocycles. The summed E-state index contributed by atoms with van der Waals surface area (Å²) in [5.41, 5.74) is 2.04. The first-order valence-electron chi connectivity index (χ1n) is 9.77. The maximum Gasteiger partial charge on any atom is 0.224 e. The van der Waals surface area contributed by atoms with E-state index < -0.39 is 0 Å². The maximum atomic E-state index is 13.5. The Morgan fingerprint density at radius 2 is 1.79 bits per heavy atom. The number of likely N-dealkylation sites (N-methyl/N-ethyl adjacent to an activating group) is 1. The third kappa shape index (κ3) is 6.32. The van der Waals surface area contributed by atoms with Gasteiger partial charge in [0.15, 0.2) is 11.6 Å². The molecule has 0 bridgehead atoms. The van der Waals surface area contributed by atoms with Crippen molar-refractivity contribution < 1.29 is 13.9 Å². The van der Waals surface area contributed by atoms with Crippen molar-refractivity contribution in [3.8, 4) is 5.75 Å². The highest BCUT2D eigenvalue weighted by Crippen LogP contribution is 2.16. The average molecular weight is 385 g/mol. The number of hydrogen-bond donors (Lipinski definition) is 1. The SMILES string of the molecule is CN1CCN(Cc2ccc(NC(=O)CCCOc3ccccc3F)cc2)CC1. The number of anilines is 1. The number of rotatable bonds is 8. The Kier molecular flexibility index (Phi) is 7.39. The lowest BCUT2D eigenvalue weighted by molar-refractivity contribution is -0.116. The second-order valence-electron chi connectivity index (χ2n) is 7.21. The summed E-state index contributed by atoms with van der Waals surface area (Å²) in [7, 11) is 2.15. The number of carbonyl (C=O) groups is 1. The lowest BCUT2D eigenvalue weighted by atomic mass is 10.1. The summed E-state index contributed by atoms with van der Waals surface area (Å²) < 4.78 is 18.8. The molecule has 1 fully saturated rings. The fourth-order valence-corrected chi connectivity index (χ4v) is 3.16. The summed E-state index contributed by atoms with van der Waals surface area (Å²) in [6, 6.07) is 14.3. The highest BCUT2D eigenvalue weighted by molar-refractivity contribution is 5.90. The molecule has 0 atom stereocenters. The Hall–Kier alpha value is -2.44. The number of piperazine rings is 1. The molecule has 28 heavy (non-hydrogen) atoms. The Morgan fingerprint density at radius 3 is 2.50 bits per heavy atom. The van der Waals surface area contributed by atoms with Crippen molar-refractivity contribution in [2.45, 2.75) is 19.4 Å². The second kappa shape index (κ2) is 10.2. The molecular formula is C22H28FN3O2. The van der Waals surface area contributed by atoms with Crippen LogP contribution in [0.5, 0.6) is 5.75 Å². The predicted molar refractivity (Wildman–Crippen MR) is 109 cm³/mol. The summed E-state index contributed by atoms with van der Waals surface area (Å²) in [5, 5.41) is 2.90. The van der Waals surface area contributed by atoms with E-state index >= 15 is 0 Å². The smallest absolute Gasteiger partial charge is 0.224 e. The molecule has 1 aliphatic heterocycles. The van der Waals surface area contributed by atoms with Crippen molar-refractivity contribution in [3.05, 3.63) is 59.9 Å². The minimum absolute atomic E-state index is 0.0658. The number of amides is 1. The van der Waals surface area contributed by atoms with Gasteiger partial charge >= 0.3 is 0 Å². The van der Waals surface area contributed by atoms with Crippen LogP contribution in [-0.4, -0.2) is 55.5 Å². The van der Waals surface area contributed by atoms with Crippen LogP contribution in [0.1, 0.15) is 18.4 Å². The van der Waals surface area contributed by atoms with Crippen molar-refractivity contribution in [2.75, 3.05) is 45.2 Å². The van der Waals surface area contributed by atoms with Crippen molar-refractivity contribution >= 4 is 11.6 Å². The molecule has 1 heterocycles. The first-order chi connectivity index (χ1) is 13.6. The van der Waals surface area contributed by atoms with Crippen LogP contribution in [0.3, 0.4) is 0 Å². The highest BCUT2D eigenvalue weighted by atomic mass is 19.1. The monoisotopic (exact) mass is 385 g/mol. The molecule has 3 rings (SSSR count). The van der Waals surface area contributed by atoms with Gasteiger partial charge in [-0.2, -0.15) is 0 Å². The fraction of sp³-hybridized carbons (Fsp3) is 0.409. The van der Waals surface area contributed by atoms with E-state index in [0.717, 1.165) is 38.4 Å². The van der Waals surface area contributed by atoms with Gasteiger partial charge in [0.05, 0.1) is 6.61 Å². The van der Waals surface area contributed by atoms with E-state index in [9.17, 15) is 9.18 Å². The van der Waals surface area contributed by atoms with Gasteiger partial charge in [-0.1, -0.05) is 24.3 Å². The van der Waals surface area contributed by atoms with Crippen molar-refractivity contribution in [1.82, 2.24) is 9.80 Å². The molecule has 0 saturated carbocycles. The molecule has 0 radical (unpaired) electrons. The molecule has 0 aliphatic carbocycles. The Bertz CT molecular complexity index is 759. The van der Waals surface area contributed by atoms with Crippen LogP contribution in [0.4, 0.5) is 10.1 Å². The summed E-state index contributed by atoms with van der Waals surface area (Å²) in [4.78, 5) is 16.9. The minimum atomic E-state index is -0.386. The first-order valence-corrected chi connectivity index (χ1v) is 9.77. The number of nitrogens with one attached hydrogen (secondary N) is 1. The molecule has 0 aromatic heterocycles. The van der Waals surface area contributed by atoms with Gasteiger partial charge < -0.3 is 15.0 Å². The van der Waals surface area contributed by atoms with E-state index in [4.69, 9.17) is 4.74 Å². The average Bonchev–Trinajstić information content (AvgIpc) is 2.70. The predicted octanol–water partition coefficient (Wildman–Crippen LogP) is 3.37. The lowest BCUT2D eigenvalue weighted by Crippen LogP contribution is -2.43. The van der Waals surface area contributed by atoms with Gasteiger partial charge in [0, 0.05) is 44.8 Å². The van der Waals surface area contributed by atoms with Crippen molar-refractivity contribution in [1.29, 1.82) is 0 Å². The van der Waals surface area contributed by atoms with Gasteiger partial charge in [0.1, 0.15) is 0 Å². The summed E-state index contributed by atoms with van der Waals surface area (Å²) in [6.07, 6.45) is 0.860. The van der Waals surface area contributed by atoms with Gasteiger partial charge in [-0.25, -0.2) is 4.39 Å². The zero-order chi connectivity index (χ0) is 19.8. The highest BCUT2D eigenvalue weighted by Gasteiger charge is 2.13. The van der Waals surface area contributed by atoms with E-state index in [1.165, 1.54) is 11.6 Å². The van der Waals surface area contributed by atoms with Crippen LogP contribution in [0.2, 0.25) is 0 Å². The normalized spacial score (nSPS) is 15.4. The Labute approximate surface area is 166 Å². The number of halogens is 1. The van der Waals surface area contributed by atoms with E-state index in [2.05, 4.69) is 34.3 Å². The lowest BCUT2D eigenvalue weighted by Gasteiger charge is -2.32. The quantitative estimate of drug-likeness (QED) is 0.708. The van der Waals surface area contributed by atoms with E-state index in [1.807, 2.05) is 12.1 Å². The second-order valence-corrected chi connectivity index (χ2v) is 7.21. The van der Waals surface area contributed by atoms with Gasteiger partial charge in [-0.05, 0) is 43.3 Å². The molecule has 1 N–H and O–H groups in total. The van der Waals surface area contributed by atoms with Crippen LogP contribution < -0.4 is 10.1 Å². The number of benzene rings is 2. The Balaban J connectivity index is 1.36. The largest absolute Gasteiger partial charge is 0.491 e. The summed E-state index contributed by atoms with van der Waals surface area (Å²) in [5.74, 6) is -0.230. The zero-order valence-corrected chi connectivity index (χ0v) is 16.4. The van der Waals surface area contributed by atoms with Crippen LogP contribution in [0.25, 0.3) is 0 Å². The van der Waals surface area contributed by atoms with Crippen LogP contribution in [-0.2, 0) is 11.3 Å². The summed E-state index contributed by atoms with van der Waals surface area (Å²) in [6.45, 7) is 5.63. The number of ether oxygens (including phenoxy) is 1. The molecular weight excluding hydrogens is 357 g/mol. The molecule has 1 aliphatic rings. The van der Waals surface area contributed by atoms with Crippen LogP contribution in [0, 0.1) is 5.82 Å². The van der Waals surface area contributed by atoms with Gasteiger partial charge in [-0.3, -0.25) is 9.69 Å². The number of nitrogens with zero attached hydrogens (tertiary/aromatic N) is 2. The van der Waals surface area contributed by atoms with Gasteiger partial charge in [0.25, 0.3) is 0 Å². The third-order valence-corrected chi connectivity index (χ3v) is 4.88. The first kappa shape index (κ1) is 20.3. The van der Waals surface area contributed by atoms with Crippen LogP contribution in [0.15, 0.2) is 48.5 Å². The Morgan fingerprint density at radius 1 is 1.07 bits per heavy atom. The molecule has 1 saturated heterocycles. The topological polar surface area (TPSA) is 44.8 Å². The summed E-state index contributed by atoms with van der Waals surface area (Å²) >= 11 is 0. The molecule has 150 valence electrons. The molecule has 5 nitrogen and oxygen atoms in total. The number of carbonyl (C=O) groups excluding carboxylic acids is 1. The van der Waals surface area contributed by atoms with Crippen molar-refractivity contribution in [2.24, 2.45) is 0 Å². The van der Waals surface area contributed by atoms with Gasteiger partial charge in [0.2, 0.25) is 5.91 Å². The van der Waals surface area contributed by atoms with E-state index in [-0.39, 0.29) is 17.5 Å². The standard InChI is InChI=1S/C22H28FN3O2/c1-25-12-14-26(15-13-25)17-18-8-10-19(11-9-18)24-22(27)7-4-16-28-21-6-3-2-5-20(21)23/h2-3,5-6,8-11H,4,7,12-17H2,1H3,(H,24,27). The molecule has 1 amide bonds. The molecule has 2 aromatic rings. The molecule has 0 unspecified atom stereocenters. The minimum Gasteiger partial charge on any atom is -0.491 e. The number of hydrogen-bond acceptors (Lipinski definition) is 4. The van der Waals surface area contributed by atoms with E-state index in [0.29, 0.717) is 19.4 Å². The van der Waals surface area contributed by atoms with Gasteiger partial charge in [-0.15, -0.1) is 0 Å². The maximum absolute atomic E-state index is 13.5. The number of para-hydroxylation sites is 1.